The van der Waals surface area contributed by atoms with Crippen LogP contribution in [0, 0.1) is 5.82 Å². The summed E-state index contributed by atoms with van der Waals surface area (Å²) in [5.41, 5.74) is 0.563. The lowest BCUT2D eigenvalue weighted by molar-refractivity contribution is -0.142. The van der Waals surface area contributed by atoms with Gasteiger partial charge in [-0.3, -0.25) is 4.79 Å². The lowest BCUT2D eigenvalue weighted by Gasteiger charge is -2.07. The molecule has 0 aliphatic heterocycles. The van der Waals surface area contributed by atoms with Crippen LogP contribution in [0.5, 0.6) is 0 Å². The third kappa shape index (κ3) is 3.28. The molecule has 2 nitrogen and oxygen atoms in total. The first-order valence-corrected chi connectivity index (χ1v) is 5.92. The summed E-state index contributed by atoms with van der Waals surface area (Å²) in [6, 6.07) is 2.89. The van der Waals surface area contributed by atoms with Gasteiger partial charge in [0.1, 0.15) is 5.82 Å². The zero-order valence-corrected chi connectivity index (χ0v) is 11.2. The van der Waals surface area contributed by atoms with E-state index in [-0.39, 0.29) is 12.4 Å². The van der Waals surface area contributed by atoms with Crippen LogP contribution in [0.25, 0.3) is 0 Å². The fraction of sp³-hybridized carbons (Fsp3) is 0.300. The molecule has 0 spiro atoms. The molecular formula is C10H9Br2FO2. The first-order valence-electron chi connectivity index (χ1n) is 4.34. The van der Waals surface area contributed by atoms with Crippen molar-refractivity contribution in [2.75, 3.05) is 6.61 Å². The Morgan fingerprint density at radius 1 is 1.47 bits per heavy atom. The summed E-state index contributed by atoms with van der Waals surface area (Å²) >= 11 is 6.35. The quantitative estimate of drug-likeness (QED) is 0.622. The Bertz CT molecular complexity index is 380. The van der Waals surface area contributed by atoms with Crippen molar-refractivity contribution in [1.82, 2.24) is 0 Å². The Labute approximate surface area is 104 Å². The molecule has 0 atom stereocenters. The number of carbonyl (C=O) groups is 1. The maximum Gasteiger partial charge on any atom is 0.310 e. The van der Waals surface area contributed by atoms with Crippen molar-refractivity contribution < 1.29 is 13.9 Å². The van der Waals surface area contributed by atoms with Crippen LogP contribution < -0.4 is 0 Å². The Morgan fingerprint density at radius 2 is 2.13 bits per heavy atom. The third-order valence-corrected chi connectivity index (χ3v) is 3.37. The highest BCUT2D eigenvalue weighted by Gasteiger charge is 2.14. The second-order valence-corrected chi connectivity index (χ2v) is 4.45. The number of rotatable bonds is 3. The number of benzene rings is 1. The molecule has 0 saturated carbocycles. The largest absolute Gasteiger partial charge is 0.466 e. The Balaban J connectivity index is 2.93. The van der Waals surface area contributed by atoms with Crippen LogP contribution in [0.1, 0.15) is 12.5 Å². The van der Waals surface area contributed by atoms with Gasteiger partial charge < -0.3 is 4.74 Å². The Hall–Kier alpha value is -0.420. The Morgan fingerprint density at radius 3 is 2.73 bits per heavy atom. The monoisotopic (exact) mass is 338 g/mol. The van der Waals surface area contributed by atoms with Gasteiger partial charge in [0, 0.05) is 4.47 Å². The molecule has 82 valence electrons. The maximum absolute atomic E-state index is 13.2. The van der Waals surface area contributed by atoms with Crippen LogP contribution in [-0.4, -0.2) is 12.6 Å². The van der Waals surface area contributed by atoms with E-state index in [1.54, 1.807) is 13.0 Å². The minimum atomic E-state index is -0.391. The number of carbonyl (C=O) groups excluding carboxylic acids is 1. The number of ether oxygens (including phenoxy) is 1. The van der Waals surface area contributed by atoms with Gasteiger partial charge in [-0.05, 0) is 40.5 Å². The van der Waals surface area contributed by atoms with Gasteiger partial charge in [-0.15, -0.1) is 0 Å². The van der Waals surface area contributed by atoms with E-state index >= 15 is 0 Å². The summed E-state index contributed by atoms with van der Waals surface area (Å²) in [4.78, 5) is 11.2. The predicted octanol–water partition coefficient (Wildman–Crippen LogP) is 3.46. The molecule has 5 heteroatoms. The van der Waals surface area contributed by atoms with E-state index in [1.165, 1.54) is 6.07 Å². The van der Waals surface area contributed by atoms with Crippen LogP contribution in [0.2, 0.25) is 0 Å². The van der Waals surface area contributed by atoms with Gasteiger partial charge in [0.2, 0.25) is 0 Å². The van der Waals surface area contributed by atoms with E-state index < -0.39 is 5.82 Å². The van der Waals surface area contributed by atoms with E-state index in [0.29, 0.717) is 21.1 Å². The van der Waals surface area contributed by atoms with Crippen LogP contribution in [-0.2, 0) is 16.0 Å². The summed E-state index contributed by atoms with van der Waals surface area (Å²) in [6.45, 7) is 2.05. The smallest absolute Gasteiger partial charge is 0.310 e. The van der Waals surface area contributed by atoms with Crippen molar-refractivity contribution in [1.29, 1.82) is 0 Å². The fourth-order valence-corrected chi connectivity index (χ4v) is 2.31. The highest BCUT2D eigenvalue weighted by molar-refractivity contribution is 9.11. The number of hydrogen-bond acceptors (Lipinski definition) is 2. The van der Waals surface area contributed by atoms with Crippen molar-refractivity contribution in [3.8, 4) is 0 Å². The SMILES string of the molecule is CCOC(=O)Cc1c(Br)ccc(F)c1Br. The highest BCUT2D eigenvalue weighted by atomic mass is 79.9. The average molecular weight is 340 g/mol. The van der Waals surface area contributed by atoms with Crippen molar-refractivity contribution >= 4 is 37.8 Å². The molecule has 1 aromatic rings. The maximum atomic E-state index is 13.2. The minimum absolute atomic E-state index is 0.0484. The van der Waals surface area contributed by atoms with Gasteiger partial charge in [-0.25, -0.2) is 4.39 Å². The first kappa shape index (κ1) is 12.6. The minimum Gasteiger partial charge on any atom is -0.466 e. The lowest BCUT2D eigenvalue weighted by atomic mass is 10.1. The van der Waals surface area contributed by atoms with E-state index in [2.05, 4.69) is 31.9 Å². The second kappa shape index (κ2) is 5.61. The molecule has 0 aliphatic carbocycles. The summed E-state index contributed by atoms with van der Waals surface area (Å²) < 4.78 is 18.9. The van der Waals surface area contributed by atoms with Crippen LogP contribution in [0.15, 0.2) is 21.1 Å². The van der Waals surface area contributed by atoms with Crippen LogP contribution in [0.3, 0.4) is 0 Å². The zero-order valence-electron chi connectivity index (χ0n) is 8.02. The van der Waals surface area contributed by atoms with Crippen LogP contribution >= 0.6 is 31.9 Å². The summed E-state index contributed by atoms with van der Waals surface area (Å²) in [6.07, 6.45) is 0.0484. The van der Waals surface area contributed by atoms with Gasteiger partial charge in [0.05, 0.1) is 17.5 Å². The molecule has 0 radical (unpaired) electrons. The number of hydrogen-bond donors (Lipinski definition) is 0. The number of esters is 1. The van der Waals surface area contributed by atoms with Gasteiger partial charge >= 0.3 is 5.97 Å². The first-order chi connectivity index (χ1) is 7.06. The van der Waals surface area contributed by atoms with Crippen molar-refractivity contribution in [2.24, 2.45) is 0 Å². The molecule has 0 N–H and O–H groups in total. The topological polar surface area (TPSA) is 26.3 Å². The molecule has 15 heavy (non-hydrogen) atoms. The third-order valence-electron chi connectivity index (χ3n) is 1.77. The standard InChI is InChI=1S/C10H9Br2FO2/c1-2-15-9(14)5-6-7(11)3-4-8(13)10(6)12/h3-4H,2,5H2,1H3. The van der Waals surface area contributed by atoms with Gasteiger partial charge in [-0.2, -0.15) is 0 Å². The fourth-order valence-electron chi connectivity index (χ4n) is 1.09. The highest BCUT2D eigenvalue weighted by Crippen LogP contribution is 2.28. The molecule has 0 fully saturated rings. The van der Waals surface area contributed by atoms with Gasteiger partial charge in [0.15, 0.2) is 0 Å². The molecule has 0 heterocycles. The zero-order chi connectivity index (χ0) is 11.4. The van der Waals surface area contributed by atoms with E-state index in [4.69, 9.17) is 4.74 Å². The lowest BCUT2D eigenvalue weighted by Crippen LogP contribution is -2.08. The second-order valence-electron chi connectivity index (χ2n) is 2.80. The molecular weight excluding hydrogens is 331 g/mol. The Kier molecular flexibility index (Phi) is 4.73. The van der Waals surface area contributed by atoms with E-state index in [0.717, 1.165) is 0 Å². The van der Waals surface area contributed by atoms with E-state index in [9.17, 15) is 9.18 Å². The molecule has 0 saturated heterocycles. The van der Waals surface area contributed by atoms with Crippen molar-refractivity contribution in [3.63, 3.8) is 0 Å². The van der Waals surface area contributed by atoms with Crippen LogP contribution in [0.4, 0.5) is 4.39 Å². The summed E-state index contributed by atoms with van der Waals surface area (Å²) in [5, 5.41) is 0. The molecule has 0 aromatic heterocycles. The molecule has 1 rings (SSSR count). The molecule has 0 amide bonds. The summed E-state index contributed by atoms with van der Waals surface area (Å²) in [7, 11) is 0. The van der Waals surface area contributed by atoms with Gasteiger partial charge in [0.25, 0.3) is 0 Å². The number of halogens is 3. The molecule has 0 unspecified atom stereocenters. The average Bonchev–Trinajstić information content (AvgIpc) is 2.19. The van der Waals surface area contributed by atoms with Crippen molar-refractivity contribution in [3.05, 3.63) is 32.5 Å². The van der Waals surface area contributed by atoms with Crippen molar-refractivity contribution in [2.45, 2.75) is 13.3 Å². The molecule has 0 aliphatic rings. The predicted molar refractivity (Wildman–Crippen MR) is 62.1 cm³/mol. The molecule has 1 aromatic carbocycles. The van der Waals surface area contributed by atoms with Gasteiger partial charge in [-0.1, -0.05) is 15.9 Å². The molecule has 0 bridgehead atoms. The normalized spacial score (nSPS) is 10.1. The summed E-state index contributed by atoms with van der Waals surface area (Å²) in [5.74, 6) is -0.762. The van der Waals surface area contributed by atoms with E-state index in [1.807, 2.05) is 0 Å².